The molecule has 1 N–H and O–H groups in total. The van der Waals surface area contributed by atoms with Crippen LogP contribution in [0.4, 0.5) is 14.4 Å². The van der Waals surface area contributed by atoms with Crippen LogP contribution in [0.3, 0.4) is 0 Å². The first-order valence-electron chi connectivity index (χ1n) is 12.3. The fourth-order valence-corrected chi connectivity index (χ4v) is 5.55. The molecule has 7 heteroatoms. The molecular weight excluding hydrogens is 482 g/mol. The first-order valence-corrected chi connectivity index (χ1v) is 12.3. The van der Waals surface area contributed by atoms with Gasteiger partial charge in [-0.1, -0.05) is 97.1 Å². The summed E-state index contributed by atoms with van der Waals surface area (Å²) in [6.07, 6.45) is -4.35. The lowest BCUT2D eigenvalue weighted by Crippen LogP contribution is -2.42. The van der Waals surface area contributed by atoms with Crippen molar-refractivity contribution in [3.05, 3.63) is 119 Å². The highest BCUT2D eigenvalue weighted by Crippen LogP contribution is 2.45. The normalized spacial score (nSPS) is 13.2. The molecule has 0 radical (unpaired) electrons. The van der Waals surface area contributed by atoms with E-state index in [9.17, 15) is 19.5 Å². The van der Waals surface area contributed by atoms with E-state index < -0.39 is 18.3 Å². The molecule has 0 saturated heterocycles. The molecule has 0 fully saturated rings. The average molecular weight is 506 g/mol. The van der Waals surface area contributed by atoms with Crippen molar-refractivity contribution in [3.8, 4) is 22.3 Å². The van der Waals surface area contributed by atoms with Crippen molar-refractivity contribution in [2.75, 3.05) is 13.2 Å². The van der Waals surface area contributed by atoms with Crippen LogP contribution in [0.1, 0.15) is 34.1 Å². The van der Waals surface area contributed by atoms with Gasteiger partial charge in [0, 0.05) is 11.8 Å². The zero-order valence-electron chi connectivity index (χ0n) is 20.2. The zero-order chi connectivity index (χ0) is 26.2. The van der Waals surface area contributed by atoms with E-state index in [1.54, 1.807) is 0 Å². The van der Waals surface area contributed by atoms with Crippen molar-refractivity contribution in [2.24, 2.45) is 0 Å². The summed E-state index contributed by atoms with van der Waals surface area (Å²) in [5.74, 6) is -0.547. The molecular formula is C31H23NO6. The van der Waals surface area contributed by atoms with Crippen molar-refractivity contribution in [2.45, 2.75) is 11.8 Å². The molecule has 0 aliphatic heterocycles. The van der Waals surface area contributed by atoms with Crippen molar-refractivity contribution >= 4 is 18.3 Å². The maximum Gasteiger partial charge on any atom is 0.429 e. The van der Waals surface area contributed by atoms with Gasteiger partial charge in [-0.15, -0.1) is 4.90 Å². The maximum atomic E-state index is 12.8. The SMILES string of the molecule is O=C(O)N(C(=O)OCC1c2ccccc2-c2ccccc21)C(=O)OCC1c2ccccc2-c2ccccc21. The molecule has 7 nitrogen and oxygen atoms in total. The van der Waals surface area contributed by atoms with E-state index >= 15 is 0 Å². The number of hydrogen-bond donors (Lipinski definition) is 1. The number of fused-ring (bicyclic) bond motifs is 6. The van der Waals surface area contributed by atoms with Gasteiger partial charge in [0.25, 0.3) is 0 Å². The number of hydrogen-bond acceptors (Lipinski definition) is 5. The molecule has 188 valence electrons. The van der Waals surface area contributed by atoms with E-state index in [0.717, 1.165) is 44.5 Å². The third kappa shape index (κ3) is 3.89. The lowest BCUT2D eigenvalue weighted by atomic mass is 9.98. The third-order valence-electron chi connectivity index (χ3n) is 7.23. The van der Waals surface area contributed by atoms with Crippen molar-refractivity contribution in [1.82, 2.24) is 4.90 Å². The van der Waals surface area contributed by atoms with Gasteiger partial charge in [0.05, 0.1) is 0 Å². The first kappa shape index (κ1) is 23.5. The standard InChI is InChI=1S/C31H23NO6/c33-29(34)32(30(35)37-17-27-23-13-5-1-9-19(23)20-10-2-6-14-24(20)27)31(36)38-18-28-25-15-7-3-11-21(25)22-12-4-8-16-26(22)28/h1-16,27-28H,17-18H2,(H,33,34). The Kier molecular flexibility index (Phi) is 5.88. The molecule has 0 saturated carbocycles. The average Bonchev–Trinajstić information content (AvgIpc) is 3.43. The van der Waals surface area contributed by atoms with Crippen LogP contribution in [0.25, 0.3) is 22.3 Å². The lowest BCUT2D eigenvalue weighted by Gasteiger charge is -2.20. The highest BCUT2D eigenvalue weighted by Gasteiger charge is 2.36. The molecule has 0 bridgehead atoms. The second kappa shape index (κ2) is 9.52. The van der Waals surface area contributed by atoms with Gasteiger partial charge >= 0.3 is 18.3 Å². The largest absolute Gasteiger partial charge is 0.464 e. The monoisotopic (exact) mass is 505 g/mol. The number of carboxylic acid groups (broad SMARTS) is 1. The Balaban J connectivity index is 1.16. The fraction of sp³-hybridized carbons (Fsp3) is 0.129. The van der Waals surface area contributed by atoms with Gasteiger partial charge < -0.3 is 14.6 Å². The van der Waals surface area contributed by atoms with Gasteiger partial charge in [-0.3, -0.25) is 0 Å². The van der Waals surface area contributed by atoms with Crippen LogP contribution in [-0.2, 0) is 9.47 Å². The van der Waals surface area contributed by atoms with Gasteiger partial charge in [0.1, 0.15) is 13.2 Å². The topological polar surface area (TPSA) is 93.1 Å². The minimum atomic E-state index is -1.76. The number of rotatable bonds is 4. The Morgan fingerprint density at radius 2 is 0.842 bits per heavy atom. The molecule has 4 aromatic rings. The Labute approximate surface area is 218 Å². The van der Waals surface area contributed by atoms with Gasteiger partial charge in [0.2, 0.25) is 0 Å². The van der Waals surface area contributed by atoms with Gasteiger partial charge in [-0.05, 0) is 44.5 Å². The van der Waals surface area contributed by atoms with Gasteiger partial charge in [-0.2, -0.15) is 0 Å². The van der Waals surface area contributed by atoms with Crippen LogP contribution >= 0.6 is 0 Å². The Morgan fingerprint density at radius 1 is 0.553 bits per heavy atom. The van der Waals surface area contributed by atoms with E-state index in [4.69, 9.17) is 9.47 Å². The molecule has 0 unspecified atom stereocenters. The molecule has 38 heavy (non-hydrogen) atoms. The summed E-state index contributed by atoms with van der Waals surface area (Å²) in [5, 5.41) is 9.65. The van der Waals surface area contributed by atoms with Crippen LogP contribution in [0.5, 0.6) is 0 Å². The minimum absolute atomic E-state index is 0.0144. The number of ether oxygens (including phenoxy) is 2. The van der Waals surface area contributed by atoms with E-state index in [1.165, 1.54) is 0 Å². The summed E-state index contributed by atoms with van der Waals surface area (Å²) in [5.41, 5.74) is 8.06. The molecule has 2 aliphatic rings. The maximum absolute atomic E-state index is 12.8. The van der Waals surface area contributed by atoms with Crippen LogP contribution in [0.15, 0.2) is 97.1 Å². The highest BCUT2D eigenvalue weighted by molar-refractivity contribution is 6.03. The third-order valence-corrected chi connectivity index (χ3v) is 7.23. The number of carbonyl (C=O) groups excluding carboxylic acids is 2. The van der Waals surface area contributed by atoms with E-state index in [2.05, 4.69) is 0 Å². The van der Waals surface area contributed by atoms with Crippen LogP contribution in [0.2, 0.25) is 0 Å². The van der Waals surface area contributed by atoms with Crippen LogP contribution < -0.4 is 0 Å². The zero-order valence-corrected chi connectivity index (χ0v) is 20.2. The summed E-state index contributed by atoms with van der Waals surface area (Å²) in [4.78, 5) is 37.5. The first-order chi connectivity index (χ1) is 18.5. The predicted molar refractivity (Wildman–Crippen MR) is 140 cm³/mol. The minimum Gasteiger partial charge on any atom is -0.464 e. The summed E-state index contributed by atoms with van der Waals surface area (Å²) in [6.45, 7) is -0.236. The molecule has 6 rings (SSSR count). The predicted octanol–water partition coefficient (Wildman–Crippen LogP) is 6.86. The van der Waals surface area contributed by atoms with Gasteiger partial charge in [0.15, 0.2) is 0 Å². The molecule has 2 aliphatic carbocycles. The lowest BCUT2D eigenvalue weighted by molar-refractivity contribution is 0.0718. The van der Waals surface area contributed by atoms with Crippen molar-refractivity contribution in [1.29, 1.82) is 0 Å². The smallest absolute Gasteiger partial charge is 0.429 e. The van der Waals surface area contributed by atoms with Gasteiger partial charge in [-0.25, -0.2) is 14.4 Å². The molecule has 0 atom stereocenters. The number of imide groups is 3. The number of amides is 3. The Morgan fingerprint density at radius 3 is 1.13 bits per heavy atom. The molecule has 0 aromatic heterocycles. The second-order valence-electron chi connectivity index (χ2n) is 9.23. The highest BCUT2D eigenvalue weighted by atomic mass is 16.6. The molecule has 3 amide bonds. The van der Waals surface area contributed by atoms with Crippen LogP contribution in [-0.4, -0.2) is 41.5 Å². The summed E-state index contributed by atoms with van der Waals surface area (Å²) in [7, 11) is 0. The quantitative estimate of drug-likeness (QED) is 0.326. The second-order valence-corrected chi connectivity index (χ2v) is 9.23. The summed E-state index contributed by atoms with van der Waals surface area (Å²) in [6, 6.07) is 31.2. The Bertz CT molecular complexity index is 1380. The number of benzene rings is 4. The van der Waals surface area contributed by atoms with E-state index in [1.807, 2.05) is 97.1 Å². The molecule has 0 heterocycles. The molecule has 0 spiro atoms. The van der Waals surface area contributed by atoms with Crippen molar-refractivity contribution < 1.29 is 29.0 Å². The fourth-order valence-electron chi connectivity index (χ4n) is 5.55. The summed E-state index contributed by atoms with van der Waals surface area (Å²) >= 11 is 0. The Hall–Kier alpha value is -4.91. The summed E-state index contributed by atoms with van der Waals surface area (Å²) < 4.78 is 10.7. The van der Waals surface area contributed by atoms with E-state index in [0.29, 0.717) is 0 Å². The number of carbonyl (C=O) groups is 3. The van der Waals surface area contributed by atoms with Crippen LogP contribution in [0, 0.1) is 0 Å². The van der Waals surface area contributed by atoms with Crippen molar-refractivity contribution in [3.63, 3.8) is 0 Å². The van der Waals surface area contributed by atoms with E-state index in [-0.39, 0.29) is 29.9 Å². The molecule has 4 aromatic carbocycles. The number of nitrogens with zero attached hydrogens (tertiary/aromatic N) is 1.